The predicted octanol–water partition coefficient (Wildman–Crippen LogP) is -0.00330. The van der Waals surface area contributed by atoms with Gasteiger partial charge in [-0.1, -0.05) is 30.1 Å². The number of sulfone groups is 1. The zero-order chi connectivity index (χ0) is 9.19. The lowest BCUT2D eigenvalue weighted by molar-refractivity contribution is 0.583. The van der Waals surface area contributed by atoms with Gasteiger partial charge in [-0.25, -0.2) is 13.8 Å². The van der Waals surface area contributed by atoms with Crippen molar-refractivity contribution in [3.63, 3.8) is 0 Å². The zero-order valence-corrected chi connectivity index (χ0v) is 8.56. The molecule has 0 aromatic carbocycles. The Morgan fingerprint density at radius 1 is 1.75 bits per heavy atom. The number of nitrogens with one attached hydrogen (secondary N) is 2. The van der Waals surface area contributed by atoms with E-state index in [4.69, 9.17) is 12.2 Å². The van der Waals surface area contributed by atoms with Crippen molar-refractivity contribution in [1.82, 2.24) is 10.9 Å². The lowest BCUT2D eigenvalue weighted by Gasteiger charge is -2.06. The highest BCUT2D eigenvalue weighted by molar-refractivity contribution is 8.29. The van der Waals surface area contributed by atoms with Gasteiger partial charge in [0.05, 0.1) is 5.75 Å². The minimum absolute atomic E-state index is 0.0397. The SMILES string of the molecule is C=CCS(=O)(=O)C1NNC(=S)S1. The number of hydrogen-bond acceptors (Lipinski definition) is 5. The lowest BCUT2D eigenvalue weighted by atomic mass is 10.8. The Bertz CT molecular complexity index is 298. The quantitative estimate of drug-likeness (QED) is 0.520. The largest absolute Gasteiger partial charge is 0.305 e. The molecular formula is C5H8N2O2S3. The zero-order valence-electron chi connectivity index (χ0n) is 6.11. The highest BCUT2D eigenvalue weighted by Crippen LogP contribution is 2.20. The van der Waals surface area contributed by atoms with Crippen LogP contribution in [0.3, 0.4) is 0 Å². The summed E-state index contributed by atoms with van der Waals surface area (Å²) >= 11 is 5.83. The second-order valence-corrected chi connectivity index (χ2v) is 6.34. The van der Waals surface area contributed by atoms with Crippen molar-refractivity contribution < 1.29 is 8.42 Å². The Hall–Kier alpha value is -0.110. The molecule has 0 bridgehead atoms. The monoisotopic (exact) mass is 224 g/mol. The second-order valence-electron chi connectivity index (χ2n) is 2.12. The Labute approximate surface area is 80.7 Å². The first kappa shape index (κ1) is 9.97. The fourth-order valence-electron chi connectivity index (χ4n) is 0.689. The summed E-state index contributed by atoms with van der Waals surface area (Å²) in [6.45, 7) is 3.37. The summed E-state index contributed by atoms with van der Waals surface area (Å²) in [7, 11) is -3.16. The molecule has 0 radical (unpaired) electrons. The van der Waals surface area contributed by atoms with Crippen molar-refractivity contribution in [2.45, 2.75) is 4.71 Å². The van der Waals surface area contributed by atoms with Crippen LogP contribution in [0.2, 0.25) is 0 Å². The molecular weight excluding hydrogens is 216 g/mol. The maximum absolute atomic E-state index is 11.3. The second kappa shape index (κ2) is 3.73. The van der Waals surface area contributed by atoms with E-state index < -0.39 is 14.5 Å². The van der Waals surface area contributed by atoms with Gasteiger partial charge in [-0.3, -0.25) is 0 Å². The van der Waals surface area contributed by atoms with Crippen LogP contribution in [0.5, 0.6) is 0 Å². The van der Waals surface area contributed by atoms with Crippen molar-refractivity contribution in [3.8, 4) is 0 Å². The molecule has 1 aliphatic rings. The van der Waals surface area contributed by atoms with Crippen molar-refractivity contribution in [1.29, 1.82) is 0 Å². The van der Waals surface area contributed by atoms with E-state index in [9.17, 15) is 8.42 Å². The number of rotatable bonds is 3. The number of hydrogen-bond donors (Lipinski definition) is 2. The van der Waals surface area contributed by atoms with Crippen LogP contribution in [0.25, 0.3) is 0 Å². The molecule has 1 fully saturated rings. The van der Waals surface area contributed by atoms with Crippen LogP contribution >= 0.6 is 24.0 Å². The van der Waals surface area contributed by atoms with Crippen molar-refractivity contribution >= 4 is 38.1 Å². The third-order valence-electron chi connectivity index (χ3n) is 1.18. The highest BCUT2D eigenvalue weighted by Gasteiger charge is 2.30. The maximum Gasteiger partial charge on any atom is 0.181 e. The van der Waals surface area contributed by atoms with Crippen molar-refractivity contribution in [3.05, 3.63) is 12.7 Å². The van der Waals surface area contributed by atoms with Gasteiger partial charge in [-0.05, 0) is 0 Å². The van der Waals surface area contributed by atoms with E-state index in [0.29, 0.717) is 4.32 Å². The summed E-state index contributed by atoms with van der Waals surface area (Å²) in [5.74, 6) is -0.0397. The molecule has 0 spiro atoms. The molecule has 1 atom stereocenters. The first-order valence-corrected chi connectivity index (χ1v) is 6.11. The van der Waals surface area contributed by atoms with E-state index >= 15 is 0 Å². The van der Waals surface area contributed by atoms with Crippen LogP contribution in [0.4, 0.5) is 0 Å². The maximum atomic E-state index is 11.3. The Kier molecular flexibility index (Phi) is 3.10. The Balaban J connectivity index is 2.70. The summed E-state index contributed by atoms with van der Waals surface area (Å²) in [6, 6.07) is 0. The smallest absolute Gasteiger partial charge is 0.181 e. The van der Waals surface area contributed by atoms with Crippen LogP contribution in [0.1, 0.15) is 0 Å². The molecule has 1 heterocycles. The summed E-state index contributed by atoms with van der Waals surface area (Å²) in [5, 5.41) is 0. The topological polar surface area (TPSA) is 58.2 Å². The standard InChI is InChI=1S/C5H8N2O2S3/c1-2-3-12(8,9)5-7-6-4(10)11-5/h2,5,7H,1,3H2,(H,6,10). The fraction of sp³-hybridized carbons (Fsp3) is 0.400. The van der Waals surface area contributed by atoms with Gasteiger partial charge in [0.1, 0.15) is 0 Å². The van der Waals surface area contributed by atoms with E-state index in [0.717, 1.165) is 11.8 Å². The van der Waals surface area contributed by atoms with Gasteiger partial charge in [-0.15, -0.1) is 6.58 Å². The average molecular weight is 224 g/mol. The number of thiocarbonyl (C=S) groups is 1. The van der Waals surface area contributed by atoms with E-state index in [1.807, 2.05) is 0 Å². The van der Waals surface area contributed by atoms with E-state index in [-0.39, 0.29) is 5.75 Å². The molecule has 7 heteroatoms. The summed E-state index contributed by atoms with van der Waals surface area (Å²) in [6.07, 6.45) is 1.36. The summed E-state index contributed by atoms with van der Waals surface area (Å²) < 4.78 is 22.4. The van der Waals surface area contributed by atoms with Crippen molar-refractivity contribution in [2.24, 2.45) is 0 Å². The lowest BCUT2D eigenvalue weighted by Crippen LogP contribution is -2.36. The van der Waals surface area contributed by atoms with Gasteiger partial charge in [0, 0.05) is 0 Å². The van der Waals surface area contributed by atoms with E-state index in [1.165, 1.54) is 6.08 Å². The predicted molar refractivity (Wildman–Crippen MR) is 54.2 cm³/mol. The number of hydrazine groups is 1. The molecule has 2 N–H and O–H groups in total. The van der Waals surface area contributed by atoms with Crippen LogP contribution in [-0.2, 0) is 9.84 Å². The normalized spacial score (nSPS) is 23.7. The highest BCUT2D eigenvalue weighted by atomic mass is 32.3. The molecule has 1 aliphatic heterocycles. The third kappa shape index (κ3) is 2.19. The molecule has 0 aliphatic carbocycles. The molecule has 68 valence electrons. The van der Waals surface area contributed by atoms with Crippen LogP contribution in [-0.4, -0.2) is 23.2 Å². The molecule has 1 unspecified atom stereocenters. The van der Waals surface area contributed by atoms with Gasteiger partial charge in [0.25, 0.3) is 0 Å². The van der Waals surface area contributed by atoms with Gasteiger partial charge < -0.3 is 5.43 Å². The number of thioether (sulfide) groups is 1. The molecule has 12 heavy (non-hydrogen) atoms. The van der Waals surface area contributed by atoms with Gasteiger partial charge in [0.2, 0.25) is 0 Å². The van der Waals surface area contributed by atoms with E-state index in [1.54, 1.807) is 0 Å². The van der Waals surface area contributed by atoms with Gasteiger partial charge >= 0.3 is 0 Å². The Morgan fingerprint density at radius 2 is 2.42 bits per heavy atom. The molecule has 0 amide bonds. The first-order valence-electron chi connectivity index (χ1n) is 3.11. The molecule has 1 rings (SSSR count). The fourth-order valence-corrected chi connectivity index (χ4v) is 3.50. The minimum atomic E-state index is -3.16. The first-order chi connectivity index (χ1) is 5.56. The summed E-state index contributed by atoms with van der Waals surface area (Å²) in [4.78, 5) is 0. The van der Waals surface area contributed by atoms with Gasteiger partial charge in [0.15, 0.2) is 18.9 Å². The average Bonchev–Trinajstić information content (AvgIpc) is 2.36. The van der Waals surface area contributed by atoms with Gasteiger partial charge in [-0.2, -0.15) is 0 Å². The molecule has 0 aromatic heterocycles. The van der Waals surface area contributed by atoms with Crippen LogP contribution < -0.4 is 10.9 Å². The van der Waals surface area contributed by atoms with Crippen LogP contribution in [0, 0.1) is 0 Å². The molecule has 0 saturated carbocycles. The Morgan fingerprint density at radius 3 is 2.83 bits per heavy atom. The third-order valence-corrected chi connectivity index (χ3v) is 4.86. The van der Waals surface area contributed by atoms with Crippen LogP contribution in [0.15, 0.2) is 12.7 Å². The minimum Gasteiger partial charge on any atom is -0.305 e. The van der Waals surface area contributed by atoms with E-state index in [2.05, 4.69) is 17.4 Å². The summed E-state index contributed by atoms with van der Waals surface area (Å²) in [5.41, 5.74) is 5.13. The van der Waals surface area contributed by atoms with Crippen molar-refractivity contribution in [2.75, 3.05) is 5.75 Å². The molecule has 1 saturated heterocycles. The molecule has 4 nitrogen and oxygen atoms in total. The molecule has 0 aromatic rings.